The van der Waals surface area contributed by atoms with Gasteiger partial charge in [0.2, 0.25) is 5.89 Å². The van der Waals surface area contributed by atoms with E-state index in [1.54, 1.807) is 41.1 Å². The molecule has 6 rings (SSSR count). The minimum Gasteiger partial charge on any atom is -0.415 e. The van der Waals surface area contributed by atoms with Crippen LogP contribution in [-0.4, -0.2) is 67.6 Å². The first kappa shape index (κ1) is 24.4. The van der Waals surface area contributed by atoms with E-state index in [1.165, 1.54) is 36.3 Å². The van der Waals surface area contributed by atoms with E-state index in [1.807, 2.05) is 4.90 Å². The van der Waals surface area contributed by atoms with Crippen molar-refractivity contribution in [1.29, 1.82) is 0 Å². The molecule has 1 saturated heterocycles. The van der Waals surface area contributed by atoms with Gasteiger partial charge in [-0.25, -0.2) is 14.2 Å². The number of carbonyl (C=O) groups excluding carboxylic acids is 1. The lowest BCUT2D eigenvalue weighted by Gasteiger charge is -2.43. The van der Waals surface area contributed by atoms with E-state index in [2.05, 4.69) is 20.1 Å². The Morgan fingerprint density at radius 3 is 2.61 bits per heavy atom. The maximum absolute atomic E-state index is 14.1. The van der Waals surface area contributed by atoms with E-state index in [0.29, 0.717) is 41.7 Å². The molecule has 3 aromatic heterocycles. The maximum Gasteiger partial charge on any atom is 0.324 e. The normalized spacial score (nSPS) is 16.8. The molecular weight excluding hydrogens is 499 g/mol. The molecule has 38 heavy (non-hydrogen) atoms. The van der Waals surface area contributed by atoms with Crippen molar-refractivity contribution in [3.05, 3.63) is 66.2 Å². The highest BCUT2D eigenvalue weighted by Gasteiger charge is 2.31. The highest BCUT2D eigenvalue weighted by molar-refractivity contribution is 5.92. The molecule has 198 valence electrons. The van der Waals surface area contributed by atoms with Gasteiger partial charge in [-0.15, -0.1) is 10.2 Å². The van der Waals surface area contributed by atoms with Crippen LogP contribution in [0.3, 0.4) is 0 Å². The van der Waals surface area contributed by atoms with Crippen LogP contribution in [-0.2, 0) is 6.54 Å². The largest absolute Gasteiger partial charge is 0.415 e. The summed E-state index contributed by atoms with van der Waals surface area (Å²) < 4.78 is 46.6. The minimum atomic E-state index is -2.86. The monoisotopic (exact) mass is 525 g/mol. The Morgan fingerprint density at radius 2 is 1.92 bits per heavy atom. The number of fused-ring (bicyclic) bond motifs is 1. The molecule has 12 heteroatoms. The van der Waals surface area contributed by atoms with Gasteiger partial charge in [0.05, 0.1) is 12.2 Å². The van der Waals surface area contributed by atoms with Crippen molar-refractivity contribution < 1.29 is 22.4 Å². The number of amides is 2. The van der Waals surface area contributed by atoms with Crippen molar-refractivity contribution in [2.24, 2.45) is 0 Å². The molecule has 0 bridgehead atoms. The molecule has 1 saturated carbocycles. The highest BCUT2D eigenvalue weighted by Crippen LogP contribution is 2.27. The fourth-order valence-corrected chi connectivity index (χ4v) is 4.96. The Kier molecular flexibility index (Phi) is 6.48. The Labute approximate surface area is 216 Å². The molecule has 1 aromatic carbocycles. The number of hydrogen-bond acceptors (Lipinski definition) is 6. The van der Waals surface area contributed by atoms with Crippen molar-refractivity contribution in [3.63, 3.8) is 0 Å². The quantitative estimate of drug-likeness (QED) is 0.361. The number of urea groups is 1. The summed E-state index contributed by atoms with van der Waals surface area (Å²) in [5, 5.41) is 7.05. The molecule has 9 nitrogen and oxygen atoms in total. The summed E-state index contributed by atoms with van der Waals surface area (Å²) in [6.07, 6.45) is 4.32. The molecule has 0 N–H and O–H groups in total. The van der Waals surface area contributed by atoms with E-state index in [0.717, 1.165) is 13.1 Å². The van der Waals surface area contributed by atoms with Crippen LogP contribution in [0.4, 0.5) is 23.7 Å². The summed E-state index contributed by atoms with van der Waals surface area (Å²) >= 11 is 0. The average molecular weight is 526 g/mol. The van der Waals surface area contributed by atoms with Crippen molar-refractivity contribution in [2.45, 2.75) is 38.3 Å². The molecule has 0 radical (unpaired) electrons. The second-order valence-electron chi connectivity index (χ2n) is 9.62. The zero-order valence-electron chi connectivity index (χ0n) is 20.5. The number of aromatic nitrogens is 4. The Balaban J connectivity index is 1.24. The number of piperazine rings is 1. The number of hydrogen-bond donors (Lipinski definition) is 0. The van der Waals surface area contributed by atoms with Crippen molar-refractivity contribution in [3.8, 4) is 11.5 Å². The molecule has 2 aliphatic rings. The zero-order chi connectivity index (χ0) is 26.2. The molecule has 0 unspecified atom stereocenters. The Morgan fingerprint density at radius 1 is 1.11 bits per heavy atom. The third kappa shape index (κ3) is 4.83. The fourth-order valence-electron chi connectivity index (χ4n) is 4.96. The van der Waals surface area contributed by atoms with Gasteiger partial charge in [0.25, 0.3) is 5.89 Å². The first-order valence-electron chi connectivity index (χ1n) is 12.6. The van der Waals surface area contributed by atoms with Gasteiger partial charge in [0, 0.05) is 55.9 Å². The van der Waals surface area contributed by atoms with E-state index in [9.17, 15) is 18.0 Å². The first-order chi connectivity index (χ1) is 18.4. The van der Waals surface area contributed by atoms with Crippen LogP contribution in [0.2, 0.25) is 0 Å². The van der Waals surface area contributed by atoms with E-state index in [-0.39, 0.29) is 18.5 Å². The van der Waals surface area contributed by atoms with Gasteiger partial charge < -0.3 is 13.7 Å². The van der Waals surface area contributed by atoms with Gasteiger partial charge in [-0.3, -0.25) is 9.80 Å². The van der Waals surface area contributed by atoms with Gasteiger partial charge in [-0.05, 0) is 43.2 Å². The summed E-state index contributed by atoms with van der Waals surface area (Å²) in [4.78, 5) is 24.1. The number of nitrogens with zero attached hydrogens (tertiary/aromatic N) is 7. The molecule has 2 amide bonds. The predicted octanol–water partition coefficient (Wildman–Crippen LogP) is 4.76. The molecule has 2 fully saturated rings. The number of pyridine rings is 1. The lowest BCUT2D eigenvalue weighted by atomic mass is 9.91. The first-order valence-corrected chi connectivity index (χ1v) is 12.6. The van der Waals surface area contributed by atoms with Crippen LogP contribution in [0.25, 0.3) is 17.1 Å². The van der Waals surface area contributed by atoms with Crippen molar-refractivity contribution in [1.82, 2.24) is 29.4 Å². The average Bonchev–Trinajstić information content (AvgIpc) is 3.53. The van der Waals surface area contributed by atoms with E-state index in [4.69, 9.17) is 4.42 Å². The number of anilines is 1. The minimum absolute atomic E-state index is 0.0371. The van der Waals surface area contributed by atoms with Crippen LogP contribution < -0.4 is 4.90 Å². The van der Waals surface area contributed by atoms with Crippen molar-refractivity contribution in [2.75, 3.05) is 31.1 Å². The van der Waals surface area contributed by atoms with E-state index < -0.39 is 18.1 Å². The summed E-state index contributed by atoms with van der Waals surface area (Å²) in [5.41, 5.74) is 1.97. The predicted molar refractivity (Wildman–Crippen MR) is 132 cm³/mol. The van der Waals surface area contributed by atoms with Crippen LogP contribution in [0.15, 0.2) is 53.2 Å². The smallest absolute Gasteiger partial charge is 0.324 e. The molecule has 4 heterocycles. The lowest BCUT2D eigenvalue weighted by Crippen LogP contribution is -2.56. The summed E-state index contributed by atoms with van der Waals surface area (Å²) in [5.74, 6) is -1.22. The summed E-state index contributed by atoms with van der Waals surface area (Å²) in [6, 6.07) is 9.68. The zero-order valence-corrected chi connectivity index (χ0v) is 20.5. The SMILES string of the molecule is O=C(N1CCN(C2CCC2)CC1)N(Cc1cn2ccc(-c3nnc(C(F)F)o3)cc2n1)c1cccc(F)c1. The third-order valence-electron chi connectivity index (χ3n) is 7.23. The van der Waals surface area contributed by atoms with Crippen LogP contribution >= 0.6 is 0 Å². The van der Waals surface area contributed by atoms with Gasteiger partial charge in [-0.1, -0.05) is 12.5 Å². The van der Waals surface area contributed by atoms with Crippen LogP contribution in [0.1, 0.15) is 37.3 Å². The number of halogens is 3. The highest BCUT2D eigenvalue weighted by atomic mass is 19.3. The Bertz CT molecular complexity index is 1440. The molecule has 0 spiro atoms. The number of benzene rings is 1. The number of alkyl halides is 2. The van der Waals surface area contributed by atoms with Gasteiger partial charge >= 0.3 is 12.5 Å². The Hall–Kier alpha value is -3.93. The van der Waals surface area contributed by atoms with Crippen molar-refractivity contribution >= 4 is 17.4 Å². The molecule has 1 aliphatic carbocycles. The summed E-state index contributed by atoms with van der Waals surface area (Å²) in [7, 11) is 0. The van der Waals surface area contributed by atoms with Crippen LogP contribution in [0.5, 0.6) is 0 Å². The van der Waals surface area contributed by atoms with Gasteiger partial charge in [0.15, 0.2) is 0 Å². The van der Waals surface area contributed by atoms with E-state index >= 15 is 0 Å². The lowest BCUT2D eigenvalue weighted by molar-refractivity contribution is 0.0743. The molecule has 4 aromatic rings. The third-order valence-corrected chi connectivity index (χ3v) is 7.23. The molecular formula is C26H26F3N7O2. The molecule has 1 aliphatic heterocycles. The topological polar surface area (TPSA) is 83.0 Å². The van der Waals surface area contributed by atoms with Gasteiger partial charge in [-0.2, -0.15) is 8.78 Å². The number of rotatable bonds is 6. The standard InChI is InChI=1S/C26H26F3N7O2/c27-18-3-1-6-21(14-18)36(26(37)34-11-9-33(10-12-34)20-4-2-5-20)16-19-15-35-8-7-17(13-22(35)30-19)24-31-32-25(38-24)23(28)29/h1,3,6-8,13-15,20,23H,2,4-5,9-12,16H2. The summed E-state index contributed by atoms with van der Waals surface area (Å²) in [6.45, 7) is 3.00. The second-order valence-corrected chi connectivity index (χ2v) is 9.62. The molecule has 0 atom stereocenters. The fraction of sp³-hybridized carbons (Fsp3) is 0.385. The second kappa shape index (κ2) is 10.1. The number of carbonyl (C=O) groups is 1. The number of imidazole rings is 1. The van der Waals surface area contributed by atoms with Crippen LogP contribution in [0, 0.1) is 5.82 Å². The maximum atomic E-state index is 14.1. The van der Waals surface area contributed by atoms with Gasteiger partial charge in [0.1, 0.15) is 11.5 Å².